The van der Waals surface area contributed by atoms with Crippen LogP contribution < -0.4 is 4.90 Å². The van der Waals surface area contributed by atoms with E-state index in [-0.39, 0.29) is 11.8 Å². The molecule has 2 aromatic carbocycles. The number of likely N-dealkylation sites (N-methyl/N-ethyl adjacent to an activating group) is 1. The Morgan fingerprint density at radius 2 is 1.50 bits per heavy atom. The SMILES string of the molecule is CCN1C(=O)C(c2ccccc2)=C(N2CCN(c3cccc(C)c3)CC2)C1=O. The lowest BCUT2D eigenvalue weighted by atomic mass is 10.0. The Balaban J connectivity index is 1.62. The lowest BCUT2D eigenvalue weighted by Crippen LogP contribution is -2.47. The van der Waals surface area contributed by atoms with E-state index in [1.807, 2.05) is 37.3 Å². The first-order chi connectivity index (χ1) is 13.6. The summed E-state index contributed by atoms with van der Waals surface area (Å²) in [6, 6.07) is 18.0. The topological polar surface area (TPSA) is 43.9 Å². The van der Waals surface area contributed by atoms with Gasteiger partial charge in [0.05, 0.1) is 5.57 Å². The zero-order valence-electron chi connectivity index (χ0n) is 16.4. The number of amides is 2. The van der Waals surface area contributed by atoms with Gasteiger partial charge in [-0.05, 0) is 37.1 Å². The molecule has 0 bridgehead atoms. The summed E-state index contributed by atoms with van der Waals surface area (Å²) in [5.74, 6) is -0.356. The first kappa shape index (κ1) is 18.3. The van der Waals surface area contributed by atoms with Crippen LogP contribution >= 0.6 is 0 Å². The van der Waals surface area contributed by atoms with Gasteiger partial charge in [0, 0.05) is 38.4 Å². The minimum absolute atomic E-state index is 0.171. The van der Waals surface area contributed by atoms with Gasteiger partial charge in [-0.1, -0.05) is 42.5 Å². The van der Waals surface area contributed by atoms with E-state index in [0.29, 0.717) is 17.8 Å². The zero-order valence-corrected chi connectivity index (χ0v) is 16.4. The van der Waals surface area contributed by atoms with Crippen LogP contribution in [0, 0.1) is 6.92 Å². The highest BCUT2D eigenvalue weighted by molar-refractivity contribution is 6.35. The Kier molecular flexibility index (Phi) is 4.90. The van der Waals surface area contributed by atoms with Gasteiger partial charge in [0.15, 0.2) is 0 Å². The van der Waals surface area contributed by atoms with Crippen molar-refractivity contribution >= 4 is 23.1 Å². The summed E-state index contributed by atoms with van der Waals surface area (Å²) in [4.78, 5) is 31.7. The van der Waals surface area contributed by atoms with Crippen molar-refractivity contribution in [1.29, 1.82) is 0 Å². The zero-order chi connectivity index (χ0) is 19.7. The number of hydrogen-bond acceptors (Lipinski definition) is 4. The Labute approximate surface area is 165 Å². The molecule has 1 saturated heterocycles. The maximum absolute atomic E-state index is 13.0. The minimum Gasteiger partial charge on any atom is -0.368 e. The van der Waals surface area contributed by atoms with Crippen molar-refractivity contribution in [3.63, 3.8) is 0 Å². The van der Waals surface area contributed by atoms with Gasteiger partial charge in [0.25, 0.3) is 11.8 Å². The molecule has 2 amide bonds. The molecule has 1 fully saturated rings. The van der Waals surface area contributed by atoms with Crippen LogP contribution in [-0.4, -0.2) is 54.3 Å². The molecular weight excluding hydrogens is 350 g/mol. The van der Waals surface area contributed by atoms with Crippen LogP contribution in [0.5, 0.6) is 0 Å². The predicted molar refractivity (Wildman–Crippen MR) is 111 cm³/mol. The summed E-state index contributed by atoms with van der Waals surface area (Å²) in [5.41, 5.74) is 4.36. The van der Waals surface area contributed by atoms with Crippen LogP contribution in [-0.2, 0) is 9.59 Å². The smallest absolute Gasteiger partial charge is 0.277 e. The summed E-state index contributed by atoms with van der Waals surface area (Å²) in [7, 11) is 0. The fraction of sp³-hybridized carbons (Fsp3) is 0.304. The summed E-state index contributed by atoms with van der Waals surface area (Å²) in [6.07, 6.45) is 0. The number of benzene rings is 2. The summed E-state index contributed by atoms with van der Waals surface area (Å²) >= 11 is 0. The van der Waals surface area contributed by atoms with Crippen LogP contribution in [0.1, 0.15) is 18.1 Å². The Morgan fingerprint density at radius 3 is 2.14 bits per heavy atom. The number of rotatable bonds is 4. The minimum atomic E-state index is -0.185. The van der Waals surface area contributed by atoms with Gasteiger partial charge in [0.2, 0.25) is 0 Å². The van der Waals surface area contributed by atoms with Crippen molar-refractivity contribution in [2.45, 2.75) is 13.8 Å². The number of anilines is 1. The number of nitrogens with zero attached hydrogens (tertiary/aromatic N) is 3. The summed E-state index contributed by atoms with van der Waals surface area (Å²) < 4.78 is 0. The molecule has 4 rings (SSSR count). The first-order valence-corrected chi connectivity index (χ1v) is 9.82. The van der Waals surface area contributed by atoms with Gasteiger partial charge >= 0.3 is 0 Å². The molecule has 0 atom stereocenters. The number of hydrogen-bond donors (Lipinski definition) is 0. The standard InChI is InChI=1S/C23H25N3O2/c1-3-26-22(27)20(18-9-5-4-6-10-18)21(23(26)28)25-14-12-24(13-15-25)19-11-7-8-17(2)16-19/h4-11,16H,3,12-15H2,1-2H3. The summed E-state index contributed by atoms with van der Waals surface area (Å²) in [6.45, 7) is 7.41. The molecule has 0 radical (unpaired) electrons. The van der Waals surface area contributed by atoms with E-state index in [0.717, 1.165) is 31.7 Å². The summed E-state index contributed by atoms with van der Waals surface area (Å²) in [5, 5.41) is 0. The van der Waals surface area contributed by atoms with E-state index in [4.69, 9.17) is 0 Å². The maximum atomic E-state index is 13.0. The van der Waals surface area contributed by atoms with E-state index in [1.165, 1.54) is 16.2 Å². The molecule has 5 nitrogen and oxygen atoms in total. The molecule has 0 N–H and O–H groups in total. The van der Waals surface area contributed by atoms with Crippen LogP contribution in [0.4, 0.5) is 5.69 Å². The number of aryl methyl sites for hydroxylation is 1. The van der Waals surface area contributed by atoms with Crippen LogP contribution in [0.2, 0.25) is 0 Å². The molecule has 2 aromatic rings. The van der Waals surface area contributed by atoms with Gasteiger partial charge in [-0.2, -0.15) is 0 Å². The Bertz CT molecular complexity index is 928. The molecule has 28 heavy (non-hydrogen) atoms. The van der Waals surface area contributed by atoms with E-state index < -0.39 is 0 Å². The highest BCUT2D eigenvalue weighted by Crippen LogP contribution is 2.32. The third-order valence-corrected chi connectivity index (χ3v) is 5.48. The molecular formula is C23H25N3O2. The molecule has 0 unspecified atom stereocenters. The van der Waals surface area contributed by atoms with Crippen LogP contribution in [0.15, 0.2) is 60.3 Å². The van der Waals surface area contributed by atoms with E-state index in [2.05, 4.69) is 41.0 Å². The average molecular weight is 375 g/mol. The molecule has 2 aliphatic rings. The van der Waals surface area contributed by atoms with Crippen LogP contribution in [0.25, 0.3) is 5.57 Å². The third-order valence-electron chi connectivity index (χ3n) is 5.48. The second-order valence-electron chi connectivity index (χ2n) is 7.26. The van der Waals surface area contributed by atoms with Crippen molar-refractivity contribution in [1.82, 2.24) is 9.80 Å². The van der Waals surface area contributed by atoms with Gasteiger partial charge in [-0.25, -0.2) is 0 Å². The van der Waals surface area contributed by atoms with Crippen LogP contribution in [0.3, 0.4) is 0 Å². The first-order valence-electron chi connectivity index (χ1n) is 9.82. The molecule has 0 spiro atoms. The average Bonchev–Trinajstić information content (AvgIpc) is 2.98. The van der Waals surface area contributed by atoms with Crippen molar-refractivity contribution in [3.05, 3.63) is 71.4 Å². The van der Waals surface area contributed by atoms with E-state index in [9.17, 15) is 9.59 Å². The van der Waals surface area contributed by atoms with E-state index >= 15 is 0 Å². The number of piperazine rings is 1. The largest absolute Gasteiger partial charge is 0.368 e. The number of imide groups is 1. The van der Waals surface area contributed by atoms with Crippen molar-refractivity contribution in [2.24, 2.45) is 0 Å². The molecule has 2 heterocycles. The second-order valence-corrected chi connectivity index (χ2v) is 7.26. The van der Waals surface area contributed by atoms with Gasteiger partial charge < -0.3 is 9.80 Å². The Morgan fingerprint density at radius 1 is 0.821 bits per heavy atom. The molecule has 0 aromatic heterocycles. The third kappa shape index (κ3) is 3.17. The molecule has 0 saturated carbocycles. The highest BCUT2D eigenvalue weighted by atomic mass is 16.2. The fourth-order valence-electron chi connectivity index (χ4n) is 4.02. The molecule has 5 heteroatoms. The van der Waals surface area contributed by atoms with Crippen molar-refractivity contribution in [2.75, 3.05) is 37.6 Å². The number of carbonyl (C=O) groups excluding carboxylic acids is 2. The quantitative estimate of drug-likeness (QED) is 0.771. The second kappa shape index (κ2) is 7.50. The number of carbonyl (C=O) groups is 2. The van der Waals surface area contributed by atoms with E-state index in [1.54, 1.807) is 0 Å². The van der Waals surface area contributed by atoms with Crippen molar-refractivity contribution in [3.8, 4) is 0 Å². The normalized spacial score (nSPS) is 17.7. The fourth-order valence-corrected chi connectivity index (χ4v) is 4.02. The lowest BCUT2D eigenvalue weighted by Gasteiger charge is -2.37. The lowest BCUT2D eigenvalue weighted by molar-refractivity contribution is -0.137. The van der Waals surface area contributed by atoms with Gasteiger partial charge in [0.1, 0.15) is 5.70 Å². The highest BCUT2D eigenvalue weighted by Gasteiger charge is 2.41. The molecule has 0 aliphatic carbocycles. The van der Waals surface area contributed by atoms with Gasteiger partial charge in [-0.15, -0.1) is 0 Å². The monoisotopic (exact) mass is 375 g/mol. The molecule has 144 valence electrons. The van der Waals surface area contributed by atoms with Gasteiger partial charge in [-0.3, -0.25) is 14.5 Å². The predicted octanol–water partition coefficient (Wildman–Crippen LogP) is 2.92. The molecule has 2 aliphatic heterocycles. The maximum Gasteiger partial charge on any atom is 0.277 e. The Hall–Kier alpha value is -3.08. The van der Waals surface area contributed by atoms with Crippen molar-refractivity contribution < 1.29 is 9.59 Å².